The van der Waals surface area contributed by atoms with Gasteiger partial charge in [-0.05, 0) is 54.8 Å². The van der Waals surface area contributed by atoms with E-state index in [-0.39, 0.29) is 9.92 Å². The first-order valence-electron chi connectivity index (χ1n) is 6.66. The zero-order chi connectivity index (χ0) is 15.9. The van der Waals surface area contributed by atoms with E-state index >= 15 is 0 Å². The van der Waals surface area contributed by atoms with Gasteiger partial charge in [-0.1, -0.05) is 23.2 Å². The predicted octanol–water partition coefficient (Wildman–Crippen LogP) is 4.27. The monoisotopic (exact) mass is 359 g/mol. The summed E-state index contributed by atoms with van der Waals surface area (Å²) in [6.07, 6.45) is 1.45. The topological polar surface area (TPSA) is 37.4 Å². The second-order valence-corrected chi connectivity index (χ2v) is 7.70. The molecule has 0 bridgehead atoms. The molecule has 22 heavy (non-hydrogen) atoms. The van der Waals surface area contributed by atoms with Gasteiger partial charge in [0.05, 0.1) is 10.7 Å². The molecule has 0 spiro atoms. The Balaban J connectivity index is 2.11. The molecule has 0 N–H and O–H groups in total. The van der Waals surface area contributed by atoms with Crippen molar-refractivity contribution < 1.29 is 12.8 Å². The van der Waals surface area contributed by atoms with Crippen molar-refractivity contribution >= 4 is 38.9 Å². The lowest BCUT2D eigenvalue weighted by Gasteiger charge is -2.30. The summed E-state index contributed by atoms with van der Waals surface area (Å²) in [6.45, 7) is 0.352. The van der Waals surface area contributed by atoms with Crippen LogP contribution >= 0.6 is 23.2 Å². The van der Waals surface area contributed by atoms with Crippen LogP contribution in [0.15, 0.2) is 41.3 Å². The average molecular weight is 360 g/mol. The highest BCUT2D eigenvalue weighted by Crippen LogP contribution is 2.35. The normalized spacial score (nSPS) is 14.8. The highest BCUT2D eigenvalue weighted by atomic mass is 35.5. The van der Waals surface area contributed by atoms with E-state index in [0.717, 1.165) is 24.1 Å². The number of sulfonamides is 1. The van der Waals surface area contributed by atoms with Crippen LogP contribution in [-0.4, -0.2) is 15.0 Å². The number of fused-ring (bicyclic) bond motifs is 1. The molecule has 0 atom stereocenters. The third-order valence-corrected chi connectivity index (χ3v) is 6.11. The smallest absolute Gasteiger partial charge is 0.265 e. The lowest BCUT2D eigenvalue weighted by atomic mass is 10.0. The molecule has 0 fully saturated rings. The molecule has 2 aromatic rings. The van der Waals surface area contributed by atoms with Crippen LogP contribution < -0.4 is 4.31 Å². The van der Waals surface area contributed by atoms with E-state index in [4.69, 9.17) is 23.2 Å². The molecule has 3 rings (SSSR count). The molecule has 2 aromatic carbocycles. The molecule has 1 aliphatic heterocycles. The molecule has 0 amide bonds. The summed E-state index contributed by atoms with van der Waals surface area (Å²) in [7, 11) is -3.84. The number of halogens is 3. The molecule has 3 nitrogen and oxygen atoms in total. The van der Waals surface area contributed by atoms with Gasteiger partial charge in [-0.15, -0.1) is 0 Å². The summed E-state index contributed by atoms with van der Waals surface area (Å²) in [5, 5.41) is 0.443. The standard InChI is InChI=1S/C15H12Cl2FNO2S/c16-11-3-5-14-10(8-11)2-1-7-19(14)22(20,21)15-6-4-12(18)9-13(15)17/h3-6,8-9H,1-2,7H2. The summed E-state index contributed by atoms with van der Waals surface area (Å²) in [4.78, 5) is -0.0987. The average Bonchev–Trinajstić information content (AvgIpc) is 2.45. The zero-order valence-electron chi connectivity index (χ0n) is 11.4. The van der Waals surface area contributed by atoms with Crippen LogP contribution in [0.1, 0.15) is 12.0 Å². The summed E-state index contributed by atoms with van der Waals surface area (Å²) < 4.78 is 40.2. The van der Waals surface area contributed by atoms with Crippen LogP contribution in [0.3, 0.4) is 0 Å². The van der Waals surface area contributed by atoms with Gasteiger partial charge < -0.3 is 0 Å². The maximum absolute atomic E-state index is 13.2. The summed E-state index contributed by atoms with van der Waals surface area (Å²) >= 11 is 11.9. The Bertz CT molecular complexity index is 839. The molecule has 116 valence electrons. The Hall–Kier alpha value is -1.30. The van der Waals surface area contributed by atoms with Crippen molar-refractivity contribution in [2.45, 2.75) is 17.7 Å². The number of nitrogens with zero attached hydrogens (tertiary/aromatic N) is 1. The molecule has 7 heteroatoms. The first-order valence-corrected chi connectivity index (χ1v) is 8.85. The number of anilines is 1. The van der Waals surface area contributed by atoms with Crippen LogP contribution in [0.4, 0.5) is 10.1 Å². The van der Waals surface area contributed by atoms with Gasteiger partial charge in [-0.25, -0.2) is 12.8 Å². The molecule has 0 saturated carbocycles. The van der Waals surface area contributed by atoms with Crippen LogP contribution in [0.2, 0.25) is 10.0 Å². The second kappa shape index (κ2) is 5.72. The molecule has 0 saturated heterocycles. The van der Waals surface area contributed by atoms with E-state index in [1.165, 1.54) is 10.4 Å². The van der Waals surface area contributed by atoms with Crippen molar-refractivity contribution in [3.05, 3.63) is 57.8 Å². The summed E-state index contributed by atoms with van der Waals surface area (Å²) in [6, 6.07) is 8.39. The highest BCUT2D eigenvalue weighted by molar-refractivity contribution is 7.93. The minimum absolute atomic E-state index is 0.0987. The fourth-order valence-electron chi connectivity index (χ4n) is 2.58. The molecular formula is C15H12Cl2FNO2S. The minimum atomic E-state index is -3.84. The van der Waals surface area contributed by atoms with E-state index in [1.807, 2.05) is 0 Å². The largest absolute Gasteiger partial charge is 0.266 e. The van der Waals surface area contributed by atoms with Gasteiger partial charge in [0.2, 0.25) is 0 Å². The quantitative estimate of drug-likeness (QED) is 0.802. The number of aryl methyl sites for hydroxylation is 1. The Morgan fingerprint density at radius 1 is 1.09 bits per heavy atom. The second-order valence-electron chi connectivity index (χ2n) is 5.03. The Morgan fingerprint density at radius 3 is 2.59 bits per heavy atom. The fraction of sp³-hybridized carbons (Fsp3) is 0.200. The van der Waals surface area contributed by atoms with Crippen molar-refractivity contribution in [1.29, 1.82) is 0 Å². The molecule has 0 unspecified atom stereocenters. The molecule has 1 heterocycles. The first kappa shape index (κ1) is 15.6. The third kappa shape index (κ3) is 2.69. The summed E-state index contributed by atoms with van der Waals surface area (Å²) in [5.41, 5.74) is 1.47. The molecule has 0 aliphatic carbocycles. The van der Waals surface area contributed by atoms with E-state index in [1.54, 1.807) is 18.2 Å². The third-order valence-electron chi connectivity index (χ3n) is 3.58. The van der Waals surface area contributed by atoms with Gasteiger partial charge in [0.1, 0.15) is 10.7 Å². The van der Waals surface area contributed by atoms with Gasteiger partial charge in [0.15, 0.2) is 0 Å². The van der Waals surface area contributed by atoms with Crippen molar-refractivity contribution in [1.82, 2.24) is 0 Å². The first-order chi connectivity index (χ1) is 10.4. The van der Waals surface area contributed by atoms with Gasteiger partial charge >= 0.3 is 0 Å². The van der Waals surface area contributed by atoms with E-state index in [2.05, 4.69) is 0 Å². The zero-order valence-corrected chi connectivity index (χ0v) is 13.7. The molecule has 1 aliphatic rings. The Morgan fingerprint density at radius 2 is 1.86 bits per heavy atom. The van der Waals surface area contributed by atoms with Crippen LogP contribution in [-0.2, 0) is 16.4 Å². The van der Waals surface area contributed by atoms with Crippen molar-refractivity contribution in [3.8, 4) is 0 Å². The van der Waals surface area contributed by atoms with E-state index in [9.17, 15) is 12.8 Å². The predicted molar refractivity (Wildman–Crippen MR) is 85.7 cm³/mol. The van der Waals surface area contributed by atoms with Gasteiger partial charge in [0, 0.05) is 11.6 Å². The maximum Gasteiger partial charge on any atom is 0.265 e. The lowest BCUT2D eigenvalue weighted by Crippen LogP contribution is -2.35. The number of rotatable bonds is 2. The Kier molecular flexibility index (Phi) is 4.05. The minimum Gasteiger partial charge on any atom is -0.266 e. The molecule has 0 radical (unpaired) electrons. The van der Waals surface area contributed by atoms with Crippen LogP contribution in [0.25, 0.3) is 0 Å². The van der Waals surface area contributed by atoms with Gasteiger partial charge in [0.25, 0.3) is 10.0 Å². The molecule has 0 aromatic heterocycles. The van der Waals surface area contributed by atoms with E-state index < -0.39 is 15.8 Å². The lowest BCUT2D eigenvalue weighted by molar-refractivity contribution is 0.585. The number of benzene rings is 2. The SMILES string of the molecule is O=S(=O)(c1ccc(F)cc1Cl)N1CCCc2cc(Cl)ccc21. The van der Waals surface area contributed by atoms with Gasteiger partial charge in [-0.3, -0.25) is 4.31 Å². The van der Waals surface area contributed by atoms with Crippen molar-refractivity contribution in [3.63, 3.8) is 0 Å². The molecular weight excluding hydrogens is 348 g/mol. The fourth-order valence-corrected chi connectivity index (χ4v) is 4.83. The van der Waals surface area contributed by atoms with Crippen LogP contribution in [0.5, 0.6) is 0 Å². The maximum atomic E-state index is 13.2. The van der Waals surface area contributed by atoms with E-state index in [0.29, 0.717) is 23.7 Å². The van der Waals surface area contributed by atoms with Gasteiger partial charge in [-0.2, -0.15) is 0 Å². The number of hydrogen-bond donors (Lipinski definition) is 0. The highest BCUT2D eigenvalue weighted by Gasteiger charge is 2.30. The van der Waals surface area contributed by atoms with Crippen LogP contribution in [0, 0.1) is 5.82 Å². The summed E-state index contributed by atoms with van der Waals surface area (Å²) in [5.74, 6) is -0.574. The van der Waals surface area contributed by atoms with Crippen molar-refractivity contribution in [2.24, 2.45) is 0 Å². The Labute approximate surface area is 138 Å². The number of hydrogen-bond acceptors (Lipinski definition) is 2. The van der Waals surface area contributed by atoms with Crippen molar-refractivity contribution in [2.75, 3.05) is 10.8 Å².